The Labute approximate surface area is 120 Å². The van der Waals surface area contributed by atoms with Crippen LogP contribution in [0, 0.1) is 13.8 Å². The second kappa shape index (κ2) is 6.06. The fourth-order valence-electron chi connectivity index (χ4n) is 2.52. The molecule has 5 heteroatoms. The number of aryl methyl sites for hydroxylation is 2. The molecular weight excluding hydrogens is 276 g/mol. The summed E-state index contributed by atoms with van der Waals surface area (Å²) < 4.78 is 29.4. The summed E-state index contributed by atoms with van der Waals surface area (Å²) in [6, 6.07) is 5.42. The van der Waals surface area contributed by atoms with Crippen LogP contribution in [0.1, 0.15) is 34.3 Å². The third-order valence-electron chi connectivity index (χ3n) is 3.50. The second-order valence-electron chi connectivity index (χ2n) is 5.43. The summed E-state index contributed by atoms with van der Waals surface area (Å²) in [5.41, 5.74) is 2.37. The Hall–Kier alpha value is -1.20. The zero-order chi connectivity index (χ0) is 14.8. The van der Waals surface area contributed by atoms with Gasteiger partial charge in [0.1, 0.15) is 5.75 Å². The summed E-state index contributed by atoms with van der Waals surface area (Å²) in [6.45, 7) is 4.38. The summed E-state index contributed by atoms with van der Waals surface area (Å²) in [4.78, 5) is 12.1. The molecule has 0 N–H and O–H groups in total. The topological polar surface area (TPSA) is 60.4 Å². The normalized spacial score (nSPS) is 19.2. The molecule has 4 nitrogen and oxygen atoms in total. The van der Waals surface area contributed by atoms with Crippen molar-refractivity contribution in [3.63, 3.8) is 0 Å². The average Bonchev–Trinajstić information content (AvgIpc) is 2.79. The molecule has 20 heavy (non-hydrogen) atoms. The van der Waals surface area contributed by atoms with Gasteiger partial charge < -0.3 is 4.74 Å². The summed E-state index contributed by atoms with van der Waals surface area (Å²) >= 11 is 0. The van der Waals surface area contributed by atoms with Crippen LogP contribution in [0.15, 0.2) is 18.2 Å². The van der Waals surface area contributed by atoms with E-state index in [9.17, 15) is 13.2 Å². The molecule has 1 atom stereocenters. The van der Waals surface area contributed by atoms with Crippen molar-refractivity contribution in [2.45, 2.75) is 32.8 Å². The van der Waals surface area contributed by atoms with Gasteiger partial charge in [0.2, 0.25) is 0 Å². The van der Waals surface area contributed by atoms with E-state index in [0.29, 0.717) is 12.2 Å². The summed E-state index contributed by atoms with van der Waals surface area (Å²) in [7, 11) is -3.41. The van der Waals surface area contributed by atoms with Crippen molar-refractivity contribution in [1.29, 1.82) is 0 Å². The van der Waals surface area contributed by atoms with Gasteiger partial charge in [-0.1, -0.05) is 23.8 Å². The predicted molar refractivity (Wildman–Crippen MR) is 77.9 cm³/mol. The number of sulfone groups is 1. The smallest absolute Gasteiger partial charge is 0.178 e. The molecule has 1 aromatic rings. The van der Waals surface area contributed by atoms with Gasteiger partial charge in [-0.3, -0.25) is 4.79 Å². The Morgan fingerprint density at radius 1 is 1.35 bits per heavy atom. The highest BCUT2D eigenvalue weighted by molar-refractivity contribution is 7.92. The highest BCUT2D eigenvalue weighted by Gasteiger charge is 2.26. The number of hydrogen-bond donors (Lipinski definition) is 0. The SMILES string of the molecule is Cc1ccc(C(=O)CS(=O)(=O)CC2CCCO2)c(C)c1. The Morgan fingerprint density at radius 3 is 2.70 bits per heavy atom. The molecule has 1 fully saturated rings. The first kappa shape index (κ1) is 15.2. The lowest BCUT2D eigenvalue weighted by atomic mass is 10.0. The number of carbonyl (C=O) groups excluding carboxylic acids is 1. The lowest BCUT2D eigenvalue weighted by molar-refractivity contribution is 0.101. The fourth-order valence-corrected chi connectivity index (χ4v) is 4.02. The van der Waals surface area contributed by atoms with E-state index < -0.39 is 15.6 Å². The highest BCUT2D eigenvalue weighted by atomic mass is 32.2. The Morgan fingerprint density at radius 2 is 2.10 bits per heavy atom. The Kier molecular flexibility index (Phi) is 4.60. The van der Waals surface area contributed by atoms with Crippen LogP contribution in [0.25, 0.3) is 0 Å². The van der Waals surface area contributed by atoms with E-state index >= 15 is 0 Å². The maximum absolute atomic E-state index is 12.1. The molecule has 2 rings (SSSR count). The number of benzene rings is 1. The van der Waals surface area contributed by atoms with E-state index in [1.165, 1.54) is 0 Å². The first-order valence-corrected chi connectivity index (χ1v) is 8.62. The van der Waals surface area contributed by atoms with Crippen LogP contribution in [0.3, 0.4) is 0 Å². The first-order valence-electron chi connectivity index (χ1n) is 6.80. The zero-order valence-electron chi connectivity index (χ0n) is 11.9. The lowest BCUT2D eigenvalue weighted by Gasteiger charge is -2.10. The van der Waals surface area contributed by atoms with E-state index in [1.54, 1.807) is 6.07 Å². The van der Waals surface area contributed by atoms with E-state index in [4.69, 9.17) is 4.74 Å². The highest BCUT2D eigenvalue weighted by Crippen LogP contribution is 2.16. The van der Waals surface area contributed by atoms with Gasteiger partial charge in [0.25, 0.3) is 0 Å². The van der Waals surface area contributed by atoms with Crippen LogP contribution >= 0.6 is 0 Å². The molecule has 110 valence electrons. The standard InChI is InChI=1S/C15H20O4S/c1-11-5-6-14(12(2)8-11)15(16)10-20(17,18)9-13-4-3-7-19-13/h5-6,8,13H,3-4,7,9-10H2,1-2H3. The quantitative estimate of drug-likeness (QED) is 0.781. The Balaban J connectivity index is 2.06. The largest absolute Gasteiger partial charge is 0.377 e. The number of carbonyl (C=O) groups is 1. The van der Waals surface area contributed by atoms with Crippen LogP contribution < -0.4 is 0 Å². The molecule has 1 aliphatic heterocycles. The minimum atomic E-state index is -3.41. The molecular formula is C15H20O4S. The van der Waals surface area contributed by atoms with Crippen LogP contribution in [0.4, 0.5) is 0 Å². The van der Waals surface area contributed by atoms with Crippen molar-refractivity contribution in [3.05, 3.63) is 34.9 Å². The number of ketones is 1. The van der Waals surface area contributed by atoms with Gasteiger partial charge in [0, 0.05) is 12.2 Å². The molecule has 1 aromatic carbocycles. The molecule has 0 amide bonds. The number of hydrogen-bond acceptors (Lipinski definition) is 4. The molecule has 1 heterocycles. The molecule has 0 spiro atoms. The molecule has 1 saturated heterocycles. The van der Waals surface area contributed by atoms with Crippen molar-refractivity contribution in [3.8, 4) is 0 Å². The molecule has 0 radical (unpaired) electrons. The molecule has 0 bridgehead atoms. The first-order chi connectivity index (χ1) is 9.37. The number of Topliss-reactive ketones (excluding diaryl/α,β-unsaturated/α-hetero) is 1. The predicted octanol–water partition coefficient (Wildman–Crippen LogP) is 2.08. The van der Waals surface area contributed by atoms with Gasteiger partial charge in [-0.15, -0.1) is 0 Å². The molecule has 0 aliphatic carbocycles. The van der Waals surface area contributed by atoms with Crippen LogP contribution in [0.5, 0.6) is 0 Å². The van der Waals surface area contributed by atoms with Crippen molar-refractivity contribution in [2.24, 2.45) is 0 Å². The molecule has 0 aromatic heterocycles. The van der Waals surface area contributed by atoms with Crippen LogP contribution in [-0.4, -0.2) is 38.4 Å². The molecule has 0 saturated carbocycles. The minimum Gasteiger partial charge on any atom is -0.377 e. The van der Waals surface area contributed by atoms with Gasteiger partial charge in [-0.25, -0.2) is 8.42 Å². The van der Waals surface area contributed by atoms with E-state index in [2.05, 4.69) is 0 Å². The number of rotatable bonds is 5. The lowest BCUT2D eigenvalue weighted by Crippen LogP contribution is -2.26. The maximum Gasteiger partial charge on any atom is 0.178 e. The fraction of sp³-hybridized carbons (Fsp3) is 0.533. The van der Waals surface area contributed by atoms with Crippen molar-refractivity contribution in [2.75, 3.05) is 18.1 Å². The van der Waals surface area contributed by atoms with Crippen molar-refractivity contribution < 1.29 is 17.9 Å². The third kappa shape index (κ3) is 3.90. The van der Waals surface area contributed by atoms with Gasteiger partial charge >= 0.3 is 0 Å². The average molecular weight is 296 g/mol. The maximum atomic E-state index is 12.1. The molecule has 1 aliphatic rings. The second-order valence-corrected chi connectivity index (χ2v) is 7.54. The summed E-state index contributed by atoms with van der Waals surface area (Å²) in [5, 5.41) is 0. The van der Waals surface area contributed by atoms with Gasteiger partial charge in [-0.05, 0) is 32.3 Å². The van der Waals surface area contributed by atoms with Crippen molar-refractivity contribution in [1.82, 2.24) is 0 Å². The van der Waals surface area contributed by atoms with Gasteiger partial charge in [0.15, 0.2) is 15.6 Å². The summed E-state index contributed by atoms with van der Waals surface area (Å²) in [6.07, 6.45) is 1.41. The minimum absolute atomic E-state index is 0.0519. The third-order valence-corrected chi connectivity index (χ3v) is 5.08. The van der Waals surface area contributed by atoms with Gasteiger partial charge in [0.05, 0.1) is 11.9 Å². The van der Waals surface area contributed by atoms with Gasteiger partial charge in [-0.2, -0.15) is 0 Å². The monoisotopic (exact) mass is 296 g/mol. The van der Waals surface area contributed by atoms with E-state index in [-0.39, 0.29) is 17.6 Å². The zero-order valence-corrected chi connectivity index (χ0v) is 12.7. The van der Waals surface area contributed by atoms with Crippen LogP contribution in [0.2, 0.25) is 0 Å². The number of ether oxygens (including phenoxy) is 1. The van der Waals surface area contributed by atoms with E-state index in [1.807, 2.05) is 26.0 Å². The van der Waals surface area contributed by atoms with E-state index in [0.717, 1.165) is 24.0 Å². The van der Waals surface area contributed by atoms with Crippen molar-refractivity contribution >= 4 is 15.6 Å². The Bertz CT molecular complexity index is 598. The van der Waals surface area contributed by atoms with Crippen LogP contribution in [-0.2, 0) is 14.6 Å². The molecule has 1 unspecified atom stereocenters. The summed E-state index contributed by atoms with van der Waals surface area (Å²) in [5.74, 6) is -0.819.